The van der Waals surface area contributed by atoms with Gasteiger partial charge in [0.25, 0.3) is 0 Å². The molecule has 0 aliphatic carbocycles. The van der Waals surface area contributed by atoms with E-state index in [4.69, 9.17) is 5.11 Å². The first-order valence-electron chi connectivity index (χ1n) is 6.03. The molecule has 1 aromatic carbocycles. The summed E-state index contributed by atoms with van der Waals surface area (Å²) in [5.41, 5.74) is 1.68. The number of halogens is 1. The van der Waals surface area contributed by atoms with Crippen LogP contribution in [0.25, 0.3) is 0 Å². The summed E-state index contributed by atoms with van der Waals surface area (Å²) in [4.78, 5) is 24.5. The zero-order valence-electron chi connectivity index (χ0n) is 10.5. The SMILES string of the molecule is Cc1c(Br)cccc1NC(=O)N1CCC(C(=O)O)C1. The number of carbonyl (C=O) groups excluding carboxylic acids is 1. The molecule has 6 heteroatoms. The van der Waals surface area contributed by atoms with Crippen LogP contribution >= 0.6 is 15.9 Å². The molecule has 0 aromatic heterocycles. The molecule has 2 N–H and O–H groups in total. The van der Waals surface area contributed by atoms with E-state index >= 15 is 0 Å². The summed E-state index contributed by atoms with van der Waals surface area (Å²) in [5, 5.41) is 11.7. The van der Waals surface area contributed by atoms with Crippen molar-refractivity contribution >= 4 is 33.6 Å². The maximum Gasteiger partial charge on any atom is 0.321 e. The summed E-state index contributed by atoms with van der Waals surface area (Å²) in [6, 6.07) is 5.32. The molecule has 1 aliphatic rings. The number of likely N-dealkylation sites (tertiary alicyclic amines) is 1. The summed E-state index contributed by atoms with van der Waals surface area (Å²) in [6.45, 7) is 2.66. The minimum Gasteiger partial charge on any atom is -0.481 e. The van der Waals surface area contributed by atoms with Crippen molar-refractivity contribution in [2.24, 2.45) is 5.92 Å². The van der Waals surface area contributed by atoms with Gasteiger partial charge in [-0.2, -0.15) is 0 Å². The lowest BCUT2D eigenvalue weighted by molar-refractivity contribution is -0.141. The van der Waals surface area contributed by atoms with Crippen molar-refractivity contribution in [3.8, 4) is 0 Å². The van der Waals surface area contributed by atoms with Gasteiger partial charge < -0.3 is 15.3 Å². The molecule has 0 radical (unpaired) electrons. The highest BCUT2D eigenvalue weighted by Gasteiger charge is 2.30. The minimum absolute atomic E-state index is 0.245. The zero-order chi connectivity index (χ0) is 14.0. The van der Waals surface area contributed by atoms with Crippen LogP contribution in [0.5, 0.6) is 0 Å². The molecule has 0 bridgehead atoms. The number of aliphatic carboxylic acids is 1. The zero-order valence-corrected chi connectivity index (χ0v) is 12.1. The van der Waals surface area contributed by atoms with Crippen LogP contribution in [-0.4, -0.2) is 35.1 Å². The van der Waals surface area contributed by atoms with E-state index in [9.17, 15) is 9.59 Å². The Bertz CT molecular complexity index is 519. The maximum atomic E-state index is 12.1. The molecule has 1 saturated heterocycles. The van der Waals surface area contributed by atoms with Crippen molar-refractivity contribution in [2.75, 3.05) is 18.4 Å². The largest absolute Gasteiger partial charge is 0.481 e. The average Bonchev–Trinajstić information content (AvgIpc) is 2.84. The van der Waals surface area contributed by atoms with E-state index in [-0.39, 0.29) is 12.6 Å². The van der Waals surface area contributed by atoms with Gasteiger partial charge in [0.1, 0.15) is 0 Å². The molecule has 2 rings (SSSR count). The van der Waals surface area contributed by atoms with Crippen molar-refractivity contribution in [3.05, 3.63) is 28.2 Å². The Balaban J connectivity index is 2.02. The van der Waals surface area contributed by atoms with E-state index in [0.717, 1.165) is 15.7 Å². The first-order valence-corrected chi connectivity index (χ1v) is 6.82. The molecule has 102 valence electrons. The number of carboxylic acid groups (broad SMARTS) is 1. The van der Waals surface area contributed by atoms with Crippen LogP contribution in [0.15, 0.2) is 22.7 Å². The Kier molecular flexibility index (Phi) is 4.09. The first-order chi connectivity index (χ1) is 8.99. The van der Waals surface area contributed by atoms with E-state index in [1.165, 1.54) is 0 Å². The van der Waals surface area contributed by atoms with Crippen molar-refractivity contribution in [1.29, 1.82) is 0 Å². The fraction of sp³-hybridized carbons (Fsp3) is 0.385. The third-order valence-electron chi connectivity index (χ3n) is 3.33. The average molecular weight is 327 g/mol. The summed E-state index contributed by atoms with van der Waals surface area (Å²) in [6.07, 6.45) is 0.514. The third-order valence-corrected chi connectivity index (χ3v) is 4.19. The normalized spacial score (nSPS) is 18.4. The smallest absolute Gasteiger partial charge is 0.321 e. The second kappa shape index (κ2) is 5.61. The van der Waals surface area contributed by atoms with Gasteiger partial charge >= 0.3 is 12.0 Å². The summed E-state index contributed by atoms with van der Waals surface area (Å²) in [7, 11) is 0. The lowest BCUT2D eigenvalue weighted by Gasteiger charge is -2.18. The standard InChI is InChI=1S/C13H15BrN2O3/c1-8-10(14)3-2-4-11(8)15-13(19)16-6-5-9(7-16)12(17)18/h2-4,9H,5-7H2,1H3,(H,15,19)(H,17,18). The number of nitrogens with one attached hydrogen (secondary N) is 1. The van der Waals surface area contributed by atoms with E-state index in [1.54, 1.807) is 4.90 Å². The predicted octanol–water partition coefficient (Wildman–Crippen LogP) is 2.70. The molecular weight excluding hydrogens is 312 g/mol. The molecule has 1 atom stereocenters. The Morgan fingerprint density at radius 1 is 1.47 bits per heavy atom. The van der Waals surface area contributed by atoms with Gasteiger partial charge in [-0.3, -0.25) is 4.79 Å². The van der Waals surface area contributed by atoms with Crippen LogP contribution in [0.1, 0.15) is 12.0 Å². The van der Waals surface area contributed by atoms with E-state index in [1.807, 2.05) is 25.1 Å². The molecule has 0 spiro atoms. The summed E-state index contributed by atoms with van der Waals surface area (Å²) >= 11 is 3.41. The second-order valence-electron chi connectivity index (χ2n) is 4.61. The number of rotatable bonds is 2. The Hall–Kier alpha value is -1.56. The van der Waals surface area contributed by atoms with Crippen molar-refractivity contribution < 1.29 is 14.7 Å². The number of benzene rings is 1. The quantitative estimate of drug-likeness (QED) is 0.877. The number of nitrogens with zero attached hydrogens (tertiary/aromatic N) is 1. The molecule has 1 fully saturated rings. The van der Waals surface area contributed by atoms with Gasteiger partial charge in [-0.1, -0.05) is 22.0 Å². The van der Waals surface area contributed by atoms with Crippen molar-refractivity contribution in [3.63, 3.8) is 0 Å². The topological polar surface area (TPSA) is 69.6 Å². The molecule has 1 aromatic rings. The van der Waals surface area contributed by atoms with Crippen LogP contribution in [0.2, 0.25) is 0 Å². The van der Waals surface area contributed by atoms with Gasteiger partial charge in [0.2, 0.25) is 0 Å². The van der Waals surface area contributed by atoms with Crippen molar-refractivity contribution in [2.45, 2.75) is 13.3 Å². The highest BCUT2D eigenvalue weighted by atomic mass is 79.9. The number of carbonyl (C=O) groups is 2. The maximum absolute atomic E-state index is 12.1. The summed E-state index contributed by atoms with van der Waals surface area (Å²) in [5.74, 6) is -1.29. The van der Waals surface area contributed by atoms with Crippen LogP contribution in [0, 0.1) is 12.8 Å². The monoisotopic (exact) mass is 326 g/mol. The number of hydrogen-bond acceptors (Lipinski definition) is 2. The number of urea groups is 1. The number of carboxylic acids is 1. The van der Waals surface area contributed by atoms with Crippen LogP contribution < -0.4 is 5.32 Å². The van der Waals surface area contributed by atoms with Crippen LogP contribution in [-0.2, 0) is 4.79 Å². The fourth-order valence-corrected chi connectivity index (χ4v) is 2.45. The highest BCUT2D eigenvalue weighted by molar-refractivity contribution is 9.10. The molecule has 5 nitrogen and oxygen atoms in total. The second-order valence-corrected chi connectivity index (χ2v) is 5.47. The van der Waals surface area contributed by atoms with E-state index < -0.39 is 11.9 Å². The predicted molar refractivity (Wildman–Crippen MR) is 75.2 cm³/mol. The summed E-state index contributed by atoms with van der Waals surface area (Å²) < 4.78 is 0.926. The number of hydrogen-bond donors (Lipinski definition) is 2. The van der Waals surface area contributed by atoms with E-state index in [0.29, 0.717) is 13.0 Å². The van der Waals surface area contributed by atoms with Gasteiger partial charge in [-0.05, 0) is 31.0 Å². The van der Waals surface area contributed by atoms with Crippen LogP contribution in [0.4, 0.5) is 10.5 Å². The molecule has 0 saturated carbocycles. The number of amides is 2. The molecule has 1 aliphatic heterocycles. The lowest BCUT2D eigenvalue weighted by Crippen LogP contribution is -2.34. The molecule has 19 heavy (non-hydrogen) atoms. The molecule has 1 heterocycles. The highest BCUT2D eigenvalue weighted by Crippen LogP contribution is 2.24. The van der Waals surface area contributed by atoms with Crippen LogP contribution in [0.3, 0.4) is 0 Å². The van der Waals surface area contributed by atoms with Gasteiger partial charge in [0.15, 0.2) is 0 Å². The Morgan fingerprint density at radius 3 is 2.84 bits per heavy atom. The fourth-order valence-electron chi connectivity index (χ4n) is 2.08. The van der Waals surface area contributed by atoms with Gasteiger partial charge in [-0.25, -0.2) is 4.79 Å². The molecule has 2 amide bonds. The third kappa shape index (κ3) is 3.07. The lowest BCUT2D eigenvalue weighted by atomic mass is 10.1. The Labute approximate surface area is 119 Å². The van der Waals surface area contributed by atoms with Gasteiger partial charge in [0, 0.05) is 23.2 Å². The molecule has 1 unspecified atom stereocenters. The Morgan fingerprint density at radius 2 is 2.21 bits per heavy atom. The van der Waals surface area contributed by atoms with Gasteiger partial charge in [0.05, 0.1) is 5.92 Å². The van der Waals surface area contributed by atoms with Crippen molar-refractivity contribution in [1.82, 2.24) is 4.90 Å². The molecular formula is C13H15BrN2O3. The first kappa shape index (κ1) is 13.9. The number of anilines is 1. The minimum atomic E-state index is -0.839. The van der Waals surface area contributed by atoms with Gasteiger partial charge in [-0.15, -0.1) is 0 Å². The van der Waals surface area contributed by atoms with E-state index in [2.05, 4.69) is 21.2 Å².